The molecule has 0 radical (unpaired) electrons. The largest absolute Gasteiger partial charge is 0.369 e. The number of amides is 2. The van der Waals surface area contributed by atoms with E-state index >= 15 is 0 Å². The van der Waals surface area contributed by atoms with Gasteiger partial charge >= 0.3 is 0 Å². The van der Waals surface area contributed by atoms with E-state index in [0.29, 0.717) is 19.4 Å². The Balaban J connectivity index is 1.94. The zero-order valence-electron chi connectivity index (χ0n) is 8.40. The van der Waals surface area contributed by atoms with Crippen molar-refractivity contribution < 1.29 is 9.59 Å². The van der Waals surface area contributed by atoms with Crippen molar-refractivity contribution >= 4 is 11.8 Å². The molecule has 1 aliphatic heterocycles. The molecule has 1 saturated heterocycles. The second kappa shape index (κ2) is 3.23. The van der Waals surface area contributed by atoms with Crippen molar-refractivity contribution in [3.8, 4) is 6.07 Å². The van der Waals surface area contributed by atoms with E-state index in [0.717, 1.165) is 6.42 Å². The highest BCUT2D eigenvalue weighted by Gasteiger charge is 2.51. The summed E-state index contributed by atoms with van der Waals surface area (Å²) >= 11 is 0. The Kier molecular flexibility index (Phi) is 2.14. The van der Waals surface area contributed by atoms with Gasteiger partial charge < -0.3 is 10.6 Å². The lowest BCUT2D eigenvalue weighted by molar-refractivity contribution is -0.141. The van der Waals surface area contributed by atoms with Crippen LogP contribution in [0.2, 0.25) is 0 Å². The van der Waals surface area contributed by atoms with Crippen molar-refractivity contribution in [3.05, 3.63) is 0 Å². The molecule has 1 heterocycles. The van der Waals surface area contributed by atoms with Crippen LogP contribution < -0.4 is 5.73 Å². The van der Waals surface area contributed by atoms with Crippen molar-refractivity contribution in [3.63, 3.8) is 0 Å². The lowest BCUT2D eigenvalue weighted by Crippen LogP contribution is -2.51. The van der Waals surface area contributed by atoms with E-state index < -0.39 is 5.41 Å². The predicted octanol–water partition coefficient (Wildman–Crippen LogP) is -0.234. The molecule has 0 spiro atoms. The molecule has 0 aromatic rings. The fraction of sp³-hybridized carbons (Fsp3) is 0.700. The van der Waals surface area contributed by atoms with Gasteiger partial charge in [-0.05, 0) is 19.3 Å². The highest BCUT2D eigenvalue weighted by Crippen LogP contribution is 2.49. The fourth-order valence-corrected chi connectivity index (χ4v) is 1.87. The Labute approximate surface area is 87.8 Å². The molecule has 2 amide bonds. The topological polar surface area (TPSA) is 87.2 Å². The smallest absolute Gasteiger partial charge is 0.224 e. The van der Waals surface area contributed by atoms with Crippen LogP contribution >= 0.6 is 0 Å². The third-order valence-corrected chi connectivity index (χ3v) is 3.35. The first kappa shape index (κ1) is 9.97. The maximum Gasteiger partial charge on any atom is 0.224 e. The summed E-state index contributed by atoms with van der Waals surface area (Å²) in [6.45, 7) is 0.631. The SMILES string of the molecule is N#C[C@H]1CCN1C(=O)CC1(C(N)=O)CC1. The Hall–Kier alpha value is -1.57. The monoisotopic (exact) mass is 207 g/mol. The van der Waals surface area contributed by atoms with E-state index in [1.807, 2.05) is 0 Å². The van der Waals surface area contributed by atoms with Crippen molar-refractivity contribution in [1.29, 1.82) is 5.26 Å². The lowest BCUT2D eigenvalue weighted by atomic mass is 9.97. The van der Waals surface area contributed by atoms with Gasteiger partial charge in [-0.2, -0.15) is 5.26 Å². The van der Waals surface area contributed by atoms with E-state index in [2.05, 4.69) is 6.07 Å². The average Bonchev–Trinajstić information content (AvgIpc) is 2.84. The zero-order valence-corrected chi connectivity index (χ0v) is 8.40. The first-order valence-electron chi connectivity index (χ1n) is 5.08. The van der Waals surface area contributed by atoms with Gasteiger partial charge in [-0.1, -0.05) is 0 Å². The van der Waals surface area contributed by atoms with Crippen LogP contribution in [-0.4, -0.2) is 29.3 Å². The van der Waals surface area contributed by atoms with E-state index in [-0.39, 0.29) is 24.3 Å². The van der Waals surface area contributed by atoms with Gasteiger partial charge in [-0.25, -0.2) is 0 Å². The van der Waals surface area contributed by atoms with Gasteiger partial charge in [0.2, 0.25) is 11.8 Å². The lowest BCUT2D eigenvalue weighted by Gasteiger charge is -2.37. The molecule has 2 aliphatic rings. The van der Waals surface area contributed by atoms with Gasteiger partial charge in [0, 0.05) is 13.0 Å². The normalized spacial score (nSPS) is 26.3. The summed E-state index contributed by atoms with van der Waals surface area (Å²) in [5.41, 5.74) is 4.64. The number of rotatable bonds is 3. The summed E-state index contributed by atoms with van der Waals surface area (Å²) in [4.78, 5) is 24.3. The number of primary amides is 1. The van der Waals surface area contributed by atoms with Crippen molar-refractivity contribution in [1.82, 2.24) is 4.90 Å². The Morgan fingerprint density at radius 3 is 2.53 bits per heavy atom. The number of likely N-dealkylation sites (tertiary alicyclic amines) is 1. The van der Waals surface area contributed by atoms with Crippen LogP contribution in [0, 0.1) is 16.7 Å². The Bertz CT molecular complexity index is 354. The number of carbonyl (C=O) groups is 2. The number of carbonyl (C=O) groups excluding carboxylic acids is 2. The van der Waals surface area contributed by atoms with Gasteiger partial charge in [-0.3, -0.25) is 9.59 Å². The summed E-state index contributed by atoms with van der Waals surface area (Å²) < 4.78 is 0. The van der Waals surface area contributed by atoms with Crippen LogP contribution in [0.15, 0.2) is 0 Å². The number of nitrogens with zero attached hydrogens (tertiary/aromatic N) is 2. The second-order valence-corrected chi connectivity index (χ2v) is 4.34. The third kappa shape index (κ3) is 1.56. The molecule has 1 saturated carbocycles. The maximum absolute atomic E-state index is 11.7. The molecule has 0 bridgehead atoms. The van der Waals surface area contributed by atoms with Crippen LogP contribution in [0.1, 0.15) is 25.7 Å². The van der Waals surface area contributed by atoms with Crippen LogP contribution in [0.5, 0.6) is 0 Å². The molecule has 0 aromatic heterocycles. The van der Waals surface area contributed by atoms with E-state index in [9.17, 15) is 9.59 Å². The van der Waals surface area contributed by atoms with Gasteiger partial charge in [-0.15, -0.1) is 0 Å². The van der Waals surface area contributed by atoms with E-state index in [4.69, 9.17) is 11.0 Å². The maximum atomic E-state index is 11.7. The fourth-order valence-electron chi connectivity index (χ4n) is 1.87. The molecule has 1 aliphatic carbocycles. The first-order valence-corrected chi connectivity index (χ1v) is 5.08. The summed E-state index contributed by atoms with van der Waals surface area (Å²) in [6.07, 6.45) is 2.34. The van der Waals surface area contributed by atoms with Gasteiger partial charge in [0.1, 0.15) is 6.04 Å². The third-order valence-electron chi connectivity index (χ3n) is 3.35. The Morgan fingerprint density at radius 1 is 1.53 bits per heavy atom. The average molecular weight is 207 g/mol. The highest BCUT2D eigenvalue weighted by molar-refractivity contribution is 5.90. The number of hydrogen-bond acceptors (Lipinski definition) is 3. The summed E-state index contributed by atoms with van der Waals surface area (Å²) in [7, 11) is 0. The highest BCUT2D eigenvalue weighted by atomic mass is 16.2. The molecule has 0 aromatic carbocycles. The van der Waals surface area contributed by atoms with E-state index in [1.165, 1.54) is 4.90 Å². The standard InChI is InChI=1S/C10H13N3O2/c11-6-7-1-4-13(7)8(14)5-10(2-3-10)9(12)15/h7H,1-5H2,(H2,12,15)/t7-/m1/s1. The minimum absolute atomic E-state index is 0.107. The van der Waals surface area contributed by atoms with Gasteiger partial charge in [0.15, 0.2) is 0 Å². The predicted molar refractivity (Wildman–Crippen MR) is 51.2 cm³/mol. The number of nitrogens with two attached hydrogens (primary N) is 1. The van der Waals surface area contributed by atoms with Crippen LogP contribution in [0.3, 0.4) is 0 Å². The zero-order chi connectivity index (χ0) is 11.1. The molecule has 0 unspecified atom stereocenters. The second-order valence-electron chi connectivity index (χ2n) is 4.34. The molecular formula is C10H13N3O2. The summed E-state index contributed by atoms with van der Waals surface area (Å²) in [5, 5.41) is 8.69. The number of hydrogen-bond donors (Lipinski definition) is 1. The molecule has 2 rings (SSSR count). The summed E-state index contributed by atoms with van der Waals surface area (Å²) in [6, 6.07) is 1.77. The van der Waals surface area contributed by atoms with Crippen molar-refractivity contribution in [2.45, 2.75) is 31.7 Å². The Morgan fingerprint density at radius 2 is 2.20 bits per heavy atom. The van der Waals surface area contributed by atoms with Crippen molar-refractivity contribution in [2.75, 3.05) is 6.54 Å². The molecular weight excluding hydrogens is 194 g/mol. The van der Waals surface area contributed by atoms with Gasteiger partial charge in [0.25, 0.3) is 0 Å². The molecule has 2 N–H and O–H groups in total. The van der Waals surface area contributed by atoms with Gasteiger partial charge in [0.05, 0.1) is 11.5 Å². The summed E-state index contributed by atoms with van der Waals surface area (Å²) in [5.74, 6) is -0.492. The molecule has 2 fully saturated rings. The minimum Gasteiger partial charge on any atom is -0.369 e. The van der Waals surface area contributed by atoms with Crippen molar-refractivity contribution in [2.24, 2.45) is 11.1 Å². The van der Waals surface area contributed by atoms with Crippen LogP contribution in [0.25, 0.3) is 0 Å². The molecule has 1 atom stereocenters. The van der Waals surface area contributed by atoms with E-state index in [1.54, 1.807) is 0 Å². The minimum atomic E-state index is -0.591. The number of nitriles is 1. The molecule has 80 valence electrons. The van der Waals surface area contributed by atoms with Crippen LogP contribution in [-0.2, 0) is 9.59 Å². The molecule has 5 heteroatoms. The quantitative estimate of drug-likeness (QED) is 0.693. The first-order chi connectivity index (χ1) is 7.09. The molecule has 15 heavy (non-hydrogen) atoms. The van der Waals surface area contributed by atoms with Crippen LogP contribution in [0.4, 0.5) is 0 Å². The molecule has 5 nitrogen and oxygen atoms in total.